The van der Waals surface area contributed by atoms with E-state index in [1.54, 1.807) is 0 Å². The first-order valence-electron chi connectivity index (χ1n) is 17.7. The van der Waals surface area contributed by atoms with Crippen molar-refractivity contribution in [3.8, 4) is 0 Å². The molecule has 0 amide bonds. The molecule has 0 aromatic rings. The number of ether oxygens (including phenoxy) is 2. The molecule has 40 heavy (non-hydrogen) atoms. The van der Waals surface area contributed by atoms with Crippen LogP contribution in [0.2, 0.25) is 0 Å². The van der Waals surface area contributed by atoms with Gasteiger partial charge in [-0.1, -0.05) is 174 Å². The Morgan fingerprint density at radius 1 is 0.375 bits per heavy atom. The fourth-order valence-electron chi connectivity index (χ4n) is 5.76. The van der Waals surface area contributed by atoms with Crippen molar-refractivity contribution in [2.75, 3.05) is 14.2 Å². The summed E-state index contributed by atoms with van der Waals surface area (Å²) >= 11 is 0. The van der Waals surface area contributed by atoms with Crippen molar-refractivity contribution in [3.05, 3.63) is 0 Å². The van der Waals surface area contributed by atoms with Crippen LogP contribution < -0.4 is 0 Å². The molecule has 0 radical (unpaired) electrons. The lowest BCUT2D eigenvalue weighted by Crippen LogP contribution is -1.99. The molecule has 0 aromatic carbocycles. The summed E-state index contributed by atoms with van der Waals surface area (Å²) in [6.45, 7) is 2.47. The zero-order valence-electron chi connectivity index (χ0n) is 27.4. The van der Waals surface area contributed by atoms with Crippen LogP contribution in [0.1, 0.15) is 200 Å². The van der Waals surface area contributed by atoms with Crippen molar-refractivity contribution >= 4 is 11.9 Å². The molecule has 4 nitrogen and oxygen atoms in total. The fraction of sp³-hybridized carbons (Fsp3) is 0.944. The van der Waals surface area contributed by atoms with Gasteiger partial charge in [0, 0.05) is 12.8 Å². The number of unbranched alkanes of at least 4 members (excludes halogenated alkanes) is 24. The van der Waals surface area contributed by atoms with Gasteiger partial charge in [-0.2, -0.15) is 0 Å². The molecule has 0 aromatic heterocycles. The molecule has 0 unspecified atom stereocenters. The van der Waals surface area contributed by atoms with Gasteiger partial charge in [0.1, 0.15) is 0 Å². The topological polar surface area (TPSA) is 52.6 Å². The van der Waals surface area contributed by atoms with Crippen LogP contribution in [0, 0.1) is 5.92 Å². The van der Waals surface area contributed by atoms with Crippen LogP contribution in [0.15, 0.2) is 0 Å². The highest BCUT2D eigenvalue weighted by atomic mass is 16.5. The van der Waals surface area contributed by atoms with E-state index >= 15 is 0 Å². The van der Waals surface area contributed by atoms with Gasteiger partial charge in [-0.3, -0.25) is 9.59 Å². The van der Waals surface area contributed by atoms with Crippen LogP contribution in [-0.2, 0) is 19.1 Å². The predicted molar refractivity (Wildman–Crippen MR) is 172 cm³/mol. The summed E-state index contributed by atoms with van der Waals surface area (Å²) < 4.78 is 9.36. The van der Waals surface area contributed by atoms with Crippen LogP contribution in [-0.4, -0.2) is 26.2 Å². The number of hydrogen-bond acceptors (Lipinski definition) is 4. The summed E-state index contributed by atoms with van der Waals surface area (Å²) in [6, 6.07) is 0. The highest BCUT2D eigenvalue weighted by Crippen LogP contribution is 2.19. The number of rotatable bonds is 32. The molecule has 0 rings (SSSR count). The summed E-state index contributed by atoms with van der Waals surface area (Å²) in [4.78, 5) is 22.1. The average Bonchev–Trinajstić information content (AvgIpc) is 2.96. The number of methoxy groups -OCH3 is 2. The molecule has 0 aliphatic carbocycles. The van der Waals surface area contributed by atoms with Gasteiger partial charge < -0.3 is 9.47 Å². The second-order valence-corrected chi connectivity index (χ2v) is 12.5. The maximum Gasteiger partial charge on any atom is 0.305 e. The van der Waals surface area contributed by atoms with Gasteiger partial charge in [0.05, 0.1) is 14.2 Å². The van der Waals surface area contributed by atoms with Crippen LogP contribution in [0.25, 0.3) is 0 Å². The largest absolute Gasteiger partial charge is 0.469 e. The van der Waals surface area contributed by atoms with Gasteiger partial charge in [0.25, 0.3) is 0 Å². The second kappa shape index (κ2) is 32.5. The van der Waals surface area contributed by atoms with Gasteiger partial charge in [0.15, 0.2) is 0 Å². The summed E-state index contributed by atoms with van der Waals surface area (Å²) in [6.07, 6.45) is 39.0. The third kappa shape index (κ3) is 31.5. The van der Waals surface area contributed by atoms with E-state index in [4.69, 9.17) is 0 Å². The molecule has 0 atom stereocenters. The maximum atomic E-state index is 11.1. The maximum absolute atomic E-state index is 11.1. The molecular weight excluding hydrogens is 496 g/mol. The van der Waals surface area contributed by atoms with E-state index < -0.39 is 0 Å². The van der Waals surface area contributed by atoms with Crippen LogP contribution in [0.3, 0.4) is 0 Å². The molecule has 0 spiro atoms. The van der Waals surface area contributed by atoms with Crippen molar-refractivity contribution in [2.24, 2.45) is 5.92 Å². The first kappa shape index (κ1) is 38.9. The summed E-state index contributed by atoms with van der Waals surface area (Å²) in [5, 5.41) is 0. The van der Waals surface area contributed by atoms with Gasteiger partial charge >= 0.3 is 11.9 Å². The Hall–Kier alpha value is -1.06. The SMILES string of the molecule is COC(=O)CCCCCCCCCCCCCCCC(C)CCCCCCCCCCCCCCCC(=O)OC. The van der Waals surface area contributed by atoms with Gasteiger partial charge in [-0.15, -0.1) is 0 Å². The Morgan fingerprint density at radius 3 is 0.800 bits per heavy atom. The average molecular weight is 567 g/mol. The molecule has 0 bridgehead atoms. The van der Waals surface area contributed by atoms with Gasteiger partial charge in [0.2, 0.25) is 0 Å². The second-order valence-electron chi connectivity index (χ2n) is 12.5. The van der Waals surface area contributed by atoms with E-state index in [1.165, 1.54) is 181 Å². The first-order valence-corrected chi connectivity index (χ1v) is 17.7. The van der Waals surface area contributed by atoms with Gasteiger partial charge in [-0.25, -0.2) is 0 Å². The Morgan fingerprint density at radius 2 is 0.575 bits per heavy atom. The van der Waals surface area contributed by atoms with E-state index in [0.717, 1.165) is 18.8 Å². The minimum atomic E-state index is -0.0666. The third-order valence-electron chi connectivity index (χ3n) is 8.61. The number of hydrogen-bond donors (Lipinski definition) is 0. The molecule has 0 N–H and O–H groups in total. The summed E-state index contributed by atoms with van der Waals surface area (Å²) in [5.41, 5.74) is 0. The van der Waals surface area contributed by atoms with Crippen LogP contribution >= 0.6 is 0 Å². The molecule has 0 heterocycles. The predicted octanol–water partition coefficient (Wildman–Crippen LogP) is 11.7. The Bertz CT molecular complexity index is 487. The minimum absolute atomic E-state index is 0.0666. The molecule has 0 saturated heterocycles. The van der Waals surface area contributed by atoms with E-state index in [-0.39, 0.29) is 11.9 Å². The monoisotopic (exact) mass is 567 g/mol. The molecule has 0 saturated carbocycles. The lowest BCUT2D eigenvalue weighted by Gasteiger charge is -2.11. The summed E-state index contributed by atoms with van der Waals surface area (Å²) in [7, 11) is 2.95. The van der Waals surface area contributed by atoms with E-state index in [0.29, 0.717) is 12.8 Å². The van der Waals surface area contributed by atoms with E-state index in [1.807, 2.05) is 0 Å². The minimum Gasteiger partial charge on any atom is -0.469 e. The van der Waals surface area contributed by atoms with Crippen molar-refractivity contribution in [3.63, 3.8) is 0 Å². The third-order valence-corrected chi connectivity index (χ3v) is 8.61. The fourth-order valence-corrected chi connectivity index (χ4v) is 5.76. The molecule has 0 fully saturated rings. The Kier molecular flexibility index (Phi) is 31.6. The van der Waals surface area contributed by atoms with E-state index in [2.05, 4.69) is 16.4 Å². The first-order chi connectivity index (χ1) is 19.6. The zero-order chi connectivity index (χ0) is 29.4. The molecular formula is C36H70O4. The van der Waals surface area contributed by atoms with Crippen LogP contribution in [0.4, 0.5) is 0 Å². The highest BCUT2D eigenvalue weighted by Gasteiger charge is 2.03. The number of carbonyl (C=O) groups is 2. The van der Waals surface area contributed by atoms with Gasteiger partial charge in [-0.05, 0) is 18.8 Å². The summed E-state index contributed by atoms with van der Waals surface area (Å²) in [5.74, 6) is 0.784. The van der Waals surface area contributed by atoms with Crippen molar-refractivity contribution in [1.29, 1.82) is 0 Å². The Labute approximate surface area is 250 Å². The lowest BCUT2D eigenvalue weighted by molar-refractivity contribution is -0.141. The number of esters is 2. The standard InChI is InChI=1S/C36H70O4/c1-34(30-26-22-18-14-10-6-4-8-12-16-20-24-28-32-35(37)39-2)31-27-23-19-15-11-7-5-9-13-17-21-25-29-33-36(38)40-3/h34H,4-33H2,1-3H3. The highest BCUT2D eigenvalue weighted by molar-refractivity contribution is 5.69. The zero-order valence-corrected chi connectivity index (χ0v) is 27.4. The van der Waals surface area contributed by atoms with Crippen LogP contribution in [0.5, 0.6) is 0 Å². The van der Waals surface area contributed by atoms with Crippen molar-refractivity contribution in [2.45, 2.75) is 200 Å². The normalized spacial score (nSPS) is 11.3. The van der Waals surface area contributed by atoms with E-state index in [9.17, 15) is 9.59 Å². The number of carbonyl (C=O) groups excluding carboxylic acids is 2. The van der Waals surface area contributed by atoms with Crippen molar-refractivity contribution < 1.29 is 19.1 Å². The molecule has 238 valence electrons. The molecule has 0 aliphatic rings. The quantitative estimate of drug-likeness (QED) is 0.0600. The lowest BCUT2D eigenvalue weighted by atomic mass is 9.95. The smallest absolute Gasteiger partial charge is 0.305 e. The Balaban J connectivity index is 3.18. The molecule has 0 aliphatic heterocycles. The van der Waals surface area contributed by atoms with Crippen molar-refractivity contribution in [1.82, 2.24) is 0 Å². The molecule has 4 heteroatoms.